The number of carbonyl (C=O) groups excluding carboxylic acids is 1. The summed E-state index contributed by atoms with van der Waals surface area (Å²) in [6.45, 7) is -0.591. The van der Waals surface area contributed by atoms with Gasteiger partial charge < -0.3 is 0 Å². The Balaban J connectivity index is 2.64. The van der Waals surface area contributed by atoms with E-state index in [1.54, 1.807) is 0 Å². The molecule has 1 unspecified atom stereocenters. The fraction of sp³-hybridized carbons (Fsp3) is 0.125. The molecule has 6 nitrogen and oxygen atoms in total. The van der Waals surface area contributed by atoms with E-state index >= 15 is 0 Å². The van der Waals surface area contributed by atoms with Crippen LogP contribution in [0.2, 0.25) is 0 Å². The molecule has 7 heteroatoms. The van der Waals surface area contributed by atoms with Crippen LogP contribution < -0.4 is 9.04 Å². The van der Waals surface area contributed by atoms with E-state index in [4.69, 9.17) is 9.20 Å². The number of aliphatic hydroxyl groups excluding tert-OH is 1. The van der Waals surface area contributed by atoms with Crippen molar-refractivity contribution < 1.29 is 21.5 Å². The van der Waals surface area contributed by atoms with Gasteiger partial charge in [-0.3, -0.25) is 0 Å². The molecule has 0 aliphatic carbocycles. The third kappa shape index (κ3) is 4.20. The summed E-state index contributed by atoms with van der Waals surface area (Å²) in [5, 5.41) is 10.9. The molecule has 15 heavy (non-hydrogen) atoms. The maximum atomic E-state index is 10.8. The van der Waals surface area contributed by atoms with Gasteiger partial charge in [0, 0.05) is 0 Å². The summed E-state index contributed by atoms with van der Waals surface area (Å²) in [7, 11) is 0. The van der Waals surface area contributed by atoms with Crippen LogP contribution in [0.25, 0.3) is 0 Å². The average molecular weight is 275 g/mol. The second-order valence-corrected chi connectivity index (χ2v) is 4.14. The second-order valence-electron chi connectivity index (χ2n) is 2.60. The quantitative estimate of drug-likeness (QED) is 0.621. The molecule has 0 fully saturated rings. The molecule has 1 aromatic rings. The molecule has 3 N–H and O–H groups in total. The van der Waals surface area contributed by atoms with Crippen molar-refractivity contribution in [1.29, 1.82) is 0 Å². The van der Waals surface area contributed by atoms with E-state index in [0.29, 0.717) is 5.69 Å². The van der Waals surface area contributed by atoms with Crippen molar-refractivity contribution in [3.05, 3.63) is 24.3 Å². The molecule has 0 saturated heterocycles. The van der Waals surface area contributed by atoms with E-state index in [1.807, 2.05) is 0 Å². The van der Waals surface area contributed by atoms with Crippen LogP contribution in [-0.4, -0.2) is 37.0 Å². The van der Waals surface area contributed by atoms with E-state index in [0.717, 1.165) is 0 Å². The Kier molecular flexibility index (Phi) is 4.42. The number of aliphatic hydroxyl groups is 1. The number of rotatable bonds is 4. The van der Waals surface area contributed by atoms with Gasteiger partial charge in [-0.1, -0.05) is 0 Å². The summed E-state index contributed by atoms with van der Waals surface area (Å²) in [6, 6.07) is 5.91. The van der Waals surface area contributed by atoms with Gasteiger partial charge in [-0.2, -0.15) is 0 Å². The van der Waals surface area contributed by atoms with Crippen molar-refractivity contribution >= 4 is 26.9 Å². The summed E-state index contributed by atoms with van der Waals surface area (Å²) in [4.78, 5) is 10.8. The molecule has 0 aromatic heterocycles. The first-order chi connectivity index (χ1) is 7.11. The summed E-state index contributed by atoms with van der Waals surface area (Å²) in [6.07, 6.45) is 0. The molecular weight excluding hydrogens is 265 g/mol. The third-order valence-electron chi connectivity index (χ3n) is 1.49. The number of hydrogen-bond acceptors (Lipinski definition) is 4. The Morgan fingerprint density at radius 3 is 2.47 bits per heavy atom. The van der Waals surface area contributed by atoms with Gasteiger partial charge in [0.05, 0.1) is 0 Å². The van der Waals surface area contributed by atoms with E-state index in [-0.39, 0.29) is 5.75 Å². The molecule has 0 aliphatic rings. The molecule has 0 aliphatic heterocycles. The van der Waals surface area contributed by atoms with Crippen LogP contribution in [0.5, 0.6) is 5.75 Å². The van der Waals surface area contributed by atoms with Crippen LogP contribution in [0.4, 0.5) is 5.69 Å². The van der Waals surface area contributed by atoms with Crippen LogP contribution in [0.1, 0.15) is 0 Å². The Hall–Kier alpha value is -1.23. The zero-order chi connectivity index (χ0) is 11.3. The minimum absolute atomic E-state index is 0.268. The first-order valence-electron chi connectivity index (χ1n) is 4.03. The van der Waals surface area contributed by atoms with Crippen molar-refractivity contribution in [2.45, 2.75) is 0 Å². The minimum atomic E-state index is -3.57. The van der Waals surface area contributed by atoms with Crippen LogP contribution in [0.15, 0.2) is 24.3 Å². The van der Waals surface area contributed by atoms with Gasteiger partial charge in [0.2, 0.25) is 0 Å². The summed E-state index contributed by atoms with van der Waals surface area (Å²) in [5.41, 5.74) is 0.479. The van der Waals surface area contributed by atoms with Gasteiger partial charge in [-0.05, 0) is 0 Å². The fourth-order valence-corrected chi connectivity index (χ4v) is 1.62. The monoisotopic (exact) mass is 275 g/mol. The van der Waals surface area contributed by atoms with Crippen molar-refractivity contribution in [3.63, 3.8) is 0 Å². The van der Waals surface area contributed by atoms with Crippen molar-refractivity contribution in [1.82, 2.24) is 0 Å². The van der Waals surface area contributed by atoms with Crippen LogP contribution in [0.3, 0.4) is 0 Å². The van der Waals surface area contributed by atoms with Crippen molar-refractivity contribution in [2.75, 3.05) is 11.9 Å². The van der Waals surface area contributed by atoms with Crippen LogP contribution >= 0.6 is 0 Å². The predicted molar refractivity (Wildman–Crippen MR) is 52.8 cm³/mol. The van der Waals surface area contributed by atoms with E-state index in [1.165, 1.54) is 24.3 Å². The Labute approximate surface area is 90.7 Å². The number of hydrogen-bond donors (Lipinski definition) is 3. The normalized spacial score (nSPS) is 11.9. The van der Waals surface area contributed by atoms with E-state index in [2.05, 4.69) is 9.04 Å². The predicted octanol–water partition coefficient (Wildman–Crippen LogP) is -0.864. The Morgan fingerprint density at radius 1 is 1.40 bits per heavy atom. The third-order valence-corrected chi connectivity index (χ3v) is 2.35. The van der Waals surface area contributed by atoms with Gasteiger partial charge in [0.15, 0.2) is 0 Å². The van der Waals surface area contributed by atoms with Crippen molar-refractivity contribution in [2.24, 2.45) is 0 Å². The van der Waals surface area contributed by atoms with Crippen molar-refractivity contribution in [3.8, 4) is 5.75 Å². The molecule has 0 saturated carbocycles. The van der Waals surface area contributed by atoms with Gasteiger partial charge in [-0.25, -0.2) is 0 Å². The Morgan fingerprint density at radius 2 is 2.00 bits per heavy atom. The number of amides is 1. The number of nitrogens with one attached hydrogen (secondary N) is 1. The first-order valence-corrected chi connectivity index (χ1v) is 6.68. The van der Waals surface area contributed by atoms with Crippen LogP contribution in [-0.2, 0) is 8.53 Å². The first kappa shape index (κ1) is 11.8. The second kappa shape index (κ2) is 5.60. The fourth-order valence-electron chi connectivity index (χ4n) is 0.908. The Bertz CT molecular complexity index is 364. The van der Waals surface area contributed by atoms with Gasteiger partial charge >= 0.3 is 90.3 Å². The topological polar surface area (TPSA) is 95.9 Å². The number of carbonyl (C=O) groups is 1. The molecule has 0 heterocycles. The van der Waals surface area contributed by atoms with Gasteiger partial charge in [0.1, 0.15) is 0 Å². The molecule has 1 rings (SSSR count). The number of anilines is 1. The molecule has 1 atom stereocenters. The van der Waals surface area contributed by atoms with Gasteiger partial charge in [0.25, 0.3) is 0 Å². The van der Waals surface area contributed by atoms with Gasteiger partial charge in [-0.15, -0.1) is 0 Å². The molecule has 1 aromatic carbocycles. The summed E-state index contributed by atoms with van der Waals surface area (Å²) in [5.74, 6) is -0.256. The molecule has 1 amide bonds. The molecule has 0 spiro atoms. The molecule has 0 radical (unpaired) electrons. The molecule has 0 bridgehead atoms. The zero-order valence-corrected chi connectivity index (χ0v) is 9.73. The molecular formula is C8H10AsNO5. The summed E-state index contributed by atoms with van der Waals surface area (Å²) < 4.78 is 23.6. The summed E-state index contributed by atoms with van der Waals surface area (Å²) >= 11 is -3.57. The zero-order valence-electron chi connectivity index (χ0n) is 7.64. The standard InChI is InChI=1S/C8H10AsNO5/c11-5-8(12)10-6-1-3-7(4-2-6)15-9(13)14/h1-4,9,11H,5H2,(H,10,12)(H,13,14). The van der Waals surface area contributed by atoms with Crippen LogP contribution in [0, 0.1) is 0 Å². The average Bonchev–Trinajstić information content (AvgIpc) is 2.20. The number of benzene rings is 1. The SMILES string of the molecule is O=C(CO)Nc1ccc(O[AsH](=O)O)cc1. The van der Waals surface area contributed by atoms with E-state index in [9.17, 15) is 8.53 Å². The molecule has 82 valence electrons. The van der Waals surface area contributed by atoms with E-state index < -0.39 is 27.8 Å². The maximum absolute atomic E-state index is 10.8.